The molecule has 17 heavy (non-hydrogen) atoms. The Hall–Kier alpha value is -1.31. The minimum atomic E-state index is -0.00819. The van der Waals surface area contributed by atoms with Gasteiger partial charge in [0, 0.05) is 13.6 Å². The largest absolute Gasteiger partial charge is 0.346 e. The van der Waals surface area contributed by atoms with Crippen molar-refractivity contribution < 1.29 is 4.79 Å². The normalized spacial score (nSPS) is 14.1. The van der Waals surface area contributed by atoms with Crippen LogP contribution in [0.5, 0.6) is 0 Å². The minimum absolute atomic E-state index is 0.00819. The number of rotatable bonds is 5. The van der Waals surface area contributed by atoms with E-state index in [0.717, 1.165) is 18.5 Å². The minimum Gasteiger partial charge on any atom is -0.346 e. The first kappa shape index (κ1) is 13.8. The fourth-order valence-corrected chi connectivity index (χ4v) is 2.00. The smallest absolute Gasteiger partial charge is 0.230 e. The van der Waals surface area contributed by atoms with Crippen molar-refractivity contribution >= 4 is 5.91 Å². The summed E-state index contributed by atoms with van der Waals surface area (Å²) >= 11 is 0. The summed E-state index contributed by atoms with van der Waals surface area (Å²) in [6, 6.07) is 10.1. The maximum atomic E-state index is 12.4. The van der Waals surface area contributed by atoms with Crippen molar-refractivity contribution in [1.82, 2.24) is 4.90 Å². The number of benzene rings is 1. The Kier molecular flexibility index (Phi) is 5.20. The Morgan fingerprint density at radius 3 is 2.29 bits per heavy atom. The van der Waals surface area contributed by atoms with E-state index in [2.05, 4.69) is 26.0 Å². The van der Waals surface area contributed by atoms with E-state index in [1.165, 1.54) is 0 Å². The zero-order chi connectivity index (χ0) is 12.8. The van der Waals surface area contributed by atoms with Crippen molar-refractivity contribution in [3.63, 3.8) is 0 Å². The Labute approximate surface area is 105 Å². The standard InChI is InChI=1S/C15H23NO/c1-5-12(3)14(15(17)16(4)6-2)13-10-8-7-9-11-13/h7-12,14H,5-6H2,1-4H3. The second kappa shape index (κ2) is 6.43. The van der Waals surface area contributed by atoms with Crippen molar-refractivity contribution in [2.24, 2.45) is 5.92 Å². The molecule has 0 radical (unpaired) electrons. The van der Waals surface area contributed by atoms with E-state index in [9.17, 15) is 4.79 Å². The molecule has 1 aromatic rings. The molecule has 0 aliphatic carbocycles. The van der Waals surface area contributed by atoms with Crippen molar-refractivity contribution in [3.05, 3.63) is 35.9 Å². The fourth-order valence-electron chi connectivity index (χ4n) is 2.00. The Balaban J connectivity index is 3.01. The zero-order valence-corrected chi connectivity index (χ0v) is 11.3. The predicted octanol–water partition coefficient (Wildman–Crippen LogP) is 3.29. The molecule has 1 aromatic carbocycles. The molecule has 0 aliphatic rings. The molecule has 94 valence electrons. The first-order chi connectivity index (χ1) is 8.11. The van der Waals surface area contributed by atoms with Gasteiger partial charge in [-0.3, -0.25) is 4.79 Å². The van der Waals surface area contributed by atoms with Crippen LogP contribution in [0.1, 0.15) is 38.7 Å². The molecule has 1 rings (SSSR count). The molecule has 2 unspecified atom stereocenters. The van der Waals surface area contributed by atoms with Gasteiger partial charge in [-0.05, 0) is 18.4 Å². The second-order valence-electron chi connectivity index (χ2n) is 4.63. The first-order valence-electron chi connectivity index (χ1n) is 6.41. The topological polar surface area (TPSA) is 20.3 Å². The van der Waals surface area contributed by atoms with Crippen LogP contribution in [-0.2, 0) is 4.79 Å². The molecule has 0 spiro atoms. The van der Waals surface area contributed by atoms with E-state index in [1.807, 2.05) is 37.1 Å². The number of nitrogens with zero attached hydrogens (tertiary/aromatic N) is 1. The van der Waals surface area contributed by atoms with Gasteiger partial charge in [0.25, 0.3) is 0 Å². The molecular formula is C15H23NO. The summed E-state index contributed by atoms with van der Waals surface area (Å²) in [5.41, 5.74) is 1.13. The van der Waals surface area contributed by atoms with Crippen LogP contribution >= 0.6 is 0 Å². The van der Waals surface area contributed by atoms with Crippen LogP contribution in [0.25, 0.3) is 0 Å². The number of carbonyl (C=O) groups is 1. The quantitative estimate of drug-likeness (QED) is 0.764. The summed E-state index contributed by atoms with van der Waals surface area (Å²) in [5.74, 6) is 0.595. The van der Waals surface area contributed by atoms with Gasteiger partial charge in [-0.25, -0.2) is 0 Å². The lowest BCUT2D eigenvalue weighted by Crippen LogP contribution is -2.34. The zero-order valence-electron chi connectivity index (χ0n) is 11.3. The van der Waals surface area contributed by atoms with Gasteiger partial charge in [-0.1, -0.05) is 50.6 Å². The third-order valence-corrected chi connectivity index (χ3v) is 3.49. The summed E-state index contributed by atoms with van der Waals surface area (Å²) in [4.78, 5) is 14.2. The molecule has 0 aromatic heterocycles. The van der Waals surface area contributed by atoms with Gasteiger partial charge in [-0.2, -0.15) is 0 Å². The van der Waals surface area contributed by atoms with Crippen molar-refractivity contribution in [3.8, 4) is 0 Å². The molecule has 2 heteroatoms. The SMILES string of the molecule is CCC(C)C(C(=O)N(C)CC)c1ccccc1. The summed E-state index contributed by atoms with van der Waals surface area (Å²) in [7, 11) is 1.88. The van der Waals surface area contributed by atoms with Gasteiger partial charge in [0.1, 0.15) is 0 Å². The van der Waals surface area contributed by atoms with Crippen LogP contribution in [-0.4, -0.2) is 24.4 Å². The molecular weight excluding hydrogens is 210 g/mol. The van der Waals surface area contributed by atoms with Crippen LogP contribution in [0.15, 0.2) is 30.3 Å². The molecule has 2 nitrogen and oxygen atoms in total. The molecule has 2 atom stereocenters. The molecule has 1 amide bonds. The lowest BCUT2D eigenvalue weighted by Gasteiger charge is -2.27. The molecule has 0 saturated carbocycles. The Bertz CT molecular complexity index is 347. The van der Waals surface area contributed by atoms with Gasteiger partial charge in [-0.15, -0.1) is 0 Å². The number of carbonyl (C=O) groups excluding carboxylic acids is 1. The van der Waals surface area contributed by atoms with Gasteiger partial charge in [0.15, 0.2) is 0 Å². The summed E-state index contributed by atoms with van der Waals surface area (Å²) < 4.78 is 0. The van der Waals surface area contributed by atoms with Crippen molar-refractivity contribution in [2.75, 3.05) is 13.6 Å². The number of likely N-dealkylation sites (N-methyl/N-ethyl adjacent to an activating group) is 1. The fraction of sp³-hybridized carbons (Fsp3) is 0.533. The van der Waals surface area contributed by atoms with E-state index in [1.54, 1.807) is 0 Å². The summed E-state index contributed by atoms with van der Waals surface area (Å²) in [6.45, 7) is 7.06. The van der Waals surface area contributed by atoms with Crippen LogP contribution in [0.3, 0.4) is 0 Å². The van der Waals surface area contributed by atoms with E-state index in [0.29, 0.717) is 5.92 Å². The maximum Gasteiger partial charge on any atom is 0.230 e. The van der Waals surface area contributed by atoms with Crippen molar-refractivity contribution in [1.29, 1.82) is 0 Å². The molecule has 0 N–H and O–H groups in total. The lowest BCUT2D eigenvalue weighted by molar-refractivity contribution is -0.132. The summed E-state index contributed by atoms with van der Waals surface area (Å²) in [5, 5.41) is 0. The van der Waals surface area contributed by atoms with E-state index in [4.69, 9.17) is 0 Å². The monoisotopic (exact) mass is 233 g/mol. The number of hydrogen-bond acceptors (Lipinski definition) is 1. The highest BCUT2D eigenvalue weighted by molar-refractivity contribution is 5.83. The molecule has 0 bridgehead atoms. The number of amides is 1. The number of hydrogen-bond donors (Lipinski definition) is 0. The molecule has 0 saturated heterocycles. The van der Waals surface area contributed by atoms with Gasteiger partial charge in [0.2, 0.25) is 5.91 Å². The van der Waals surface area contributed by atoms with E-state index in [-0.39, 0.29) is 11.8 Å². The highest BCUT2D eigenvalue weighted by atomic mass is 16.2. The first-order valence-corrected chi connectivity index (χ1v) is 6.41. The van der Waals surface area contributed by atoms with E-state index < -0.39 is 0 Å². The highest BCUT2D eigenvalue weighted by Gasteiger charge is 2.27. The Morgan fingerprint density at radius 2 is 1.82 bits per heavy atom. The van der Waals surface area contributed by atoms with Crippen LogP contribution in [0.4, 0.5) is 0 Å². The van der Waals surface area contributed by atoms with Gasteiger partial charge < -0.3 is 4.90 Å². The van der Waals surface area contributed by atoms with Gasteiger partial charge >= 0.3 is 0 Å². The van der Waals surface area contributed by atoms with Crippen LogP contribution < -0.4 is 0 Å². The third kappa shape index (κ3) is 3.32. The Morgan fingerprint density at radius 1 is 1.24 bits per heavy atom. The van der Waals surface area contributed by atoms with Gasteiger partial charge in [0.05, 0.1) is 5.92 Å². The highest BCUT2D eigenvalue weighted by Crippen LogP contribution is 2.28. The maximum absolute atomic E-state index is 12.4. The molecule has 0 aliphatic heterocycles. The molecule has 0 heterocycles. The summed E-state index contributed by atoms with van der Waals surface area (Å²) in [6.07, 6.45) is 1.02. The second-order valence-corrected chi connectivity index (χ2v) is 4.63. The molecule has 0 fully saturated rings. The van der Waals surface area contributed by atoms with E-state index >= 15 is 0 Å². The average Bonchev–Trinajstić information content (AvgIpc) is 2.38. The average molecular weight is 233 g/mol. The van der Waals surface area contributed by atoms with Crippen molar-refractivity contribution in [2.45, 2.75) is 33.1 Å². The third-order valence-electron chi connectivity index (χ3n) is 3.49. The van der Waals surface area contributed by atoms with Crippen LogP contribution in [0.2, 0.25) is 0 Å². The lowest BCUT2D eigenvalue weighted by atomic mass is 9.84. The van der Waals surface area contributed by atoms with Crippen LogP contribution in [0, 0.1) is 5.92 Å². The predicted molar refractivity (Wildman–Crippen MR) is 71.9 cm³/mol.